The average molecular weight is 298 g/mol. The molecule has 96 valence electrons. The smallest absolute Gasteiger partial charge is 0.156 e. The van der Waals surface area contributed by atoms with Crippen molar-refractivity contribution < 1.29 is 10.1 Å². The molecule has 2 N–H and O–H groups in total. The molecule has 0 radical (unpaired) electrons. The number of rotatable bonds is 6. The van der Waals surface area contributed by atoms with E-state index in [1.54, 1.807) is 12.1 Å². The molecule has 0 unspecified atom stereocenters. The van der Waals surface area contributed by atoms with Gasteiger partial charge in [0.05, 0.1) is 16.1 Å². The molecule has 1 atom stereocenters. The van der Waals surface area contributed by atoms with E-state index in [9.17, 15) is 0 Å². The van der Waals surface area contributed by atoms with Crippen LogP contribution in [0.2, 0.25) is 15.1 Å². The van der Waals surface area contributed by atoms with Gasteiger partial charge in [0.25, 0.3) is 0 Å². The highest BCUT2D eigenvalue weighted by Gasteiger charge is 2.09. The van der Waals surface area contributed by atoms with Crippen LogP contribution in [0.3, 0.4) is 0 Å². The maximum atomic E-state index is 6.00. The van der Waals surface area contributed by atoms with Gasteiger partial charge in [0.15, 0.2) is 5.75 Å². The summed E-state index contributed by atoms with van der Waals surface area (Å²) in [4.78, 5) is 0. The van der Waals surface area contributed by atoms with Crippen molar-refractivity contribution in [1.29, 1.82) is 0 Å². The summed E-state index contributed by atoms with van der Waals surface area (Å²) in [7, 11) is 0. The SMILES string of the molecule is CC[C@@H](C)[NH2+]CCOc1c(Cl)cc(Cl)cc1Cl. The Morgan fingerprint density at radius 3 is 2.35 bits per heavy atom. The number of halogens is 3. The van der Waals surface area contributed by atoms with Gasteiger partial charge in [-0.25, -0.2) is 0 Å². The molecule has 1 aromatic rings. The number of quaternary nitrogens is 1. The quantitative estimate of drug-likeness (QED) is 0.800. The summed E-state index contributed by atoms with van der Waals surface area (Å²) in [5, 5.41) is 3.65. The van der Waals surface area contributed by atoms with Crippen molar-refractivity contribution in [2.75, 3.05) is 13.2 Å². The van der Waals surface area contributed by atoms with Crippen LogP contribution in [0.4, 0.5) is 0 Å². The van der Waals surface area contributed by atoms with Crippen molar-refractivity contribution >= 4 is 34.8 Å². The molecule has 0 aliphatic carbocycles. The Hall–Kier alpha value is -0.150. The number of benzene rings is 1. The molecule has 2 nitrogen and oxygen atoms in total. The third-order valence-corrected chi connectivity index (χ3v) is 3.32. The number of nitrogens with two attached hydrogens (primary N) is 1. The molecule has 5 heteroatoms. The van der Waals surface area contributed by atoms with Gasteiger partial charge in [-0.1, -0.05) is 41.7 Å². The van der Waals surface area contributed by atoms with Crippen LogP contribution in [0.25, 0.3) is 0 Å². The van der Waals surface area contributed by atoms with Crippen molar-refractivity contribution in [1.82, 2.24) is 0 Å². The lowest BCUT2D eigenvalue weighted by molar-refractivity contribution is -0.686. The summed E-state index contributed by atoms with van der Waals surface area (Å²) in [6.45, 7) is 5.80. The Bertz CT molecular complexity index is 348. The predicted molar refractivity (Wildman–Crippen MR) is 73.5 cm³/mol. The minimum Gasteiger partial charge on any atom is -0.485 e. The number of hydrogen-bond donors (Lipinski definition) is 1. The van der Waals surface area contributed by atoms with Gasteiger partial charge >= 0.3 is 0 Å². The maximum absolute atomic E-state index is 6.00. The van der Waals surface area contributed by atoms with Crippen molar-refractivity contribution in [2.24, 2.45) is 0 Å². The van der Waals surface area contributed by atoms with Crippen molar-refractivity contribution in [3.63, 3.8) is 0 Å². The van der Waals surface area contributed by atoms with Gasteiger partial charge in [0, 0.05) is 5.02 Å². The molecule has 0 aromatic heterocycles. The maximum Gasteiger partial charge on any atom is 0.156 e. The van der Waals surface area contributed by atoms with Crippen LogP contribution >= 0.6 is 34.8 Å². The second-order valence-electron chi connectivity index (χ2n) is 3.96. The Balaban J connectivity index is 2.47. The van der Waals surface area contributed by atoms with Crippen LogP contribution in [0.15, 0.2) is 12.1 Å². The van der Waals surface area contributed by atoms with Crippen molar-refractivity contribution in [2.45, 2.75) is 26.3 Å². The molecule has 1 aromatic carbocycles. The summed E-state index contributed by atoms with van der Waals surface area (Å²) in [6.07, 6.45) is 1.14. The van der Waals surface area contributed by atoms with E-state index in [1.807, 2.05) is 0 Å². The minimum atomic E-state index is 0.450. The van der Waals surface area contributed by atoms with Gasteiger partial charge in [-0.05, 0) is 25.5 Å². The van der Waals surface area contributed by atoms with Gasteiger partial charge in [0.2, 0.25) is 0 Å². The van der Waals surface area contributed by atoms with Crippen LogP contribution in [-0.2, 0) is 0 Å². The fourth-order valence-electron chi connectivity index (χ4n) is 1.35. The van der Waals surface area contributed by atoms with Crippen LogP contribution in [0, 0.1) is 0 Å². The molecule has 0 spiro atoms. The Morgan fingerprint density at radius 2 is 1.82 bits per heavy atom. The van der Waals surface area contributed by atoms with Gasteiger partial charge in [0.1, 0.15) is 13.2 Å². The molecule has 0 heterocycles. The Labute approximate surface area is 117 Å². The molecule has 0 saturated heterocycles. The van der Waals surface area contributed by atoms with E-state index >= 15 is 0 Å². The van der Waals surface area contributed by atoms with Gasteiger partial charge in [-0.3, -0.25) is 0 Å². The third kappa shape index (κ3) is 4.92. The summed E-state index contributed by atoms with van der Waals surface area (Å²) in [6, 6.07) is 3.86. The van der Waals surface area contributed by atoms with E-state index in [0.717, 1.165) is 13.0 Å². The molecule has 17 heavy (non-hydrogen) atoms. The van der Waals surface area contributed by atoms with E-state index < -0.39 is 0 Å². The molecule has 0 bridgehead atoms. The highest BCUT2D eigenvalue weighted by Crippen LogP contribution is 2.35. The first kappa shape index (κ1) is 14.9. The topological polar surface area (TPSA) is 25.8 Å². The normalized spacial score (nSPS) is 12.5. The Kier molecular flexibility index (Phi) is 6.42. The zero-order valence-electron chi connectivity index (χ0n) is 9.97. The lowest BCUT2D eigenvalue weighted by Gasteiger charge is -2.11. The first-order chi connectivity index (χ1) is 8.04. The Morgan fingerprint density at radius 1 is 1.24 bits per heavy atom. The minimum absolute atomic E-state index is 0.450. The summed E-state index contributed by atoms with van der Waals surface area (Å²) in [5.74, 6) is 0.510. The zero-order chi connectivity index (χ0) is 12.8. The van der Waals surface area contributed by atoms with Crippen LogP contribution < -0.4 is 10.1 Å². The van der Waals surface area contributed by atoms with Crippen molar-refractivity contribution in [3.8, 4) is 5.75 Å². The standard InChI is InChI=1S/C12H16Cl3NO/c1-3-8(2)16-4-5-17-12-10(14)6-9(13)7-11(12)15/h6-8,16H,3-5H2,1-2H3/p+1/t8-/m1/s1. The lowest BCUT2D eigenvalue weighted by atomic mass is 10.3. The highest BCUT2D eigenvalue weighted by atomic mass is 35.5. The first-order valence-corrected chi connectivity index (χ1v) is 6.78. The molecular formula is C12H17Cl3NO+. The highest BCUT2D eigenvalue weighted by molar-refractivity contribution is 6.40. The largest absolute Gasteiger partial charge is 0.485 e. The fourth-order valence-corrected chi connectivity index (χ4v) is 2.27. The van der Waals surface area contributed by atoms with Crippen molar-refractivity contribution in [3.05, 3.63) is 27.2 Å². The molecule has 1 rings (SSSR count). The van der Waals surface area contributed by atoms with E-state index in [4.69, 9.17) is 39.5 Å². The summed E-state index contributed by atoms with van der Waals surface area (Å²) >= 11 is 17.8. The van der Waals surface area contributed by atoms with Gasteiger partial charge < -0.3 is 10.1 Å². The number of ether oxygens (including phenoxy) is 1. The fraction of sp³-hybridized carbons (Fsp3) is 0.500. The molecule has 0 aliphatic heterocycles. The van der Waals surface area contributed by atoms with E-state index in [2.05, 4.69) is 19.2 Å². The van der Waals surface area contributed by atoms with Crippen LogP contribution in [0.1, 0.15) is 20.3 Å². The zero-order valence-corrected chi connectivity index (χ0v) is 12.2. The second-order valence-corrected chi connectivity index (χ2v) is 5.21. The van der Waals surface area contributed by atoms with Gasteiger partial charge in [-0.15, -0.1) is 0 Å². The van der Waals surface area contributed by atoms with E-state index in [1.165, 1.54) is 0 Å². The summed E-state index contributed by atoms with van der Waals surface area (Å²) < 4.78 is 5.56. The molecular weight excluding hydrogens is 280 g/mol. The van der Waals surface area contributed by atoms with Crippen LogP contribution in [0.5, 0.6) is 5.75 Å². The first-order valence-electron chi connectivity index (χ1n) is 5.65. The molecule has 0 fully saturated rings. The van der Waals surface area contributed by atoms with Crippen LogP contribution in [-0.4, -0.2) is 19.2 Å². The molecule has 0 saturated carbocycles. The summed E-state index contributed by atoms with van der Waals surface area (Å²) in [5.41, 5.74) is 0. The van der Waals surface area contributed by atoms with E-state index in [0.29, 0.717) is 33.5 Å². The monoisotopic (exact) mass is 296 g/mol. The predicted octanol–water partition coefficient (Wildman–Crippen LogP) is 3.39. The molecule has 0 aliphatic rings. The third-order valence-electron chi connectivity index (χ3n) is 2.54. The number of hydrogen-bond acceptors (Lipinski definition) is 1. The average Bonchev–Trinajstić information content (AvgIpc) is 2.26. The second kappa shape index (κ2) is 7.32. The van der Waals surface area contributed by atoms with Gasteiger partial charge in [-0.2, -0.15) is 0 Å². The van der Waals surface area contributed by atoms with E-state index in [-0.39, 0.29) is 0 Å². The molecule has 0 amide bonds. The lowest BCUT2D eigenvalue weighted by Crippen LogP contribution is -2.90.